The molecule has 2 aromatic rings. The first-order valence-electron chi connectivity index (χ1n) is 5.19. The molecule has 2 nitrogen and oxygen atoms in total. The maximum Gasteiger partial charge on any atom is 0.256 e. The molecule has 0 unspecified atom stereocenters. The van der Waals surface area contributed by atoms with E-state index in [1.807, 2.05) is 0 Å². The monoisotopic (exact) mass is 389 g/mol. The van der Waals surface area contributed by atoms with Crippen LogP contribution in [0.1, 0.15) is 10.4 Å². The number of carbonyl (C=O) groups is 1. The van der Waals surface area contributed by atoms with Crippen molar-refractivity contribution in [3.8, 4) is 0 Å². The van der Waals surface area contributed by atoms with E-state index in [9.17, 15) is 13.6 Å². The van der Waals surface area contributed by atoms with Crippen LogP contribution in [-0.4, -0.2) is 5.91 Å². The Morgan fingerprint density at radius 2 is 1.79 bits per heavy atom. The number of hydrogen-bond donors (Lipinski definition) is 1. The number of nitrogens with one attached hydrogen (secondary N) is 1. The summed E-state index contributed by atoms with van der Waals surface area (Å²) < 4.78 is 27.7. The van der Waals surface area contributed by atoms with Crippen molar-refractivity contribution in [1.82, 2.24) is 0 Å². The fraction of sp³-hybridized carbons (Fsp3) is 0. The van der Waals surface area contributed by atoms with E-state index in [1.165, 1.54) is 30.3 Å². The second-order valence-corrected chi connectivity index (χ2v) is 5.47. The van der Waals surface area contributed by atoms with Gasteiger partial charge in [-0.25, -0.2) is 8.78 Å². The van der Waals surface area contributed by atoms with E-state index in [4.69, 9.17) is 0 Å². The number of carbonyl (C=O) groups excluding carboxylic acids is 1. The molecule has 19 heavy (non-hydrogen) atoms. The molecule has 0 spiro atoms. The van der Waals surface area contributed by atoms with Crippen molar-refractivity contribution in [2.24, 2.45) is 0 Å². The fourth-order valence-corrected chi connectivity index (χ4v) is 2.24. The molecule has 98 valence electrons. The average molecular weight is 391 g/mol. The lowest BCUT2D eigenvalue weighted by molar-refractivity contribution is 0.102. The van der Waals surface area contributed by atoms with E-state index in [0.717, 1.165) is 6.07 Å². The van der Waals surface area contributed by atoms with Gasteiger partial charge >= 0.3 is 0 Å². The van der Waals surface area contributed by atoms with E-state index in [1.54, 1.807) is 0 Å². The van der Waals surface area contributed by atoms with Crippen LogP contribution in [0.2, 0.25) is 0 Å². The largest absolute Gasteiger partial charge is 0.319 e. The zero-order valence-electron chi connectivity index (χ0n) is 9.38. The molecule has 0 saturated heterocycles. The molecule has 2 rings (SSSR count). The lowest BCUT2D eigenvalue weighted by Gasteiger charge is -2.08. The van der Waals surface area contributed by atoms with Crippen molar-refractivity contribution in [3.63, 3.8) is 0 Å². The number of benzene rings is 2. The zero-order valence-corrected chi connectivity index (χ0v) is 12.6. The van der Waals surface area contributed by atoms with Gasteiger partial charge < -0.3 is 5.32 Å². The summed E-state index contributed by atoms with van der Waals surface area (Å²) in [5, 5.41) is 2.39. The molecule has 0 bridgehead atoms. The molecule has 0 saturated carbocycles. The molecule has 0 atom stereocenters. The van der Waals surface area contributed by atoms with Gasteiger partial charge in [0.15, 0.2) is 0 Å². The van der Waals surface area contributed by atoms with Crippen molar-refractivity contribution < 1.29 is 13.6 Å². The highest BCUT2D eigenvalue weighted by atomic mass is 79.9. The molecule has 0 radical (unpaired) electrons. The summed E-state index contributed by atoms with van der Waals surface area (Å²) in [6.07, 6.45) is 0. The van der Waals surface area contributed by atoms with Crippen LogP contribution in [0.3, 0.4) is 0 Å². The Morgan fingerprint density at radius 3 is 2.53 bits per heavy atom. The van der Waals surface area contributed by atoms with E-state index >= 15 is 0 Å². The molecule has 0 aromatic heterocycles. The smallest absolute Gasteiger partial charge is 0.256 e. The normalized spacial score (nSPS) is 10.3. The number of halogens is 4. The van der Waals surface area contributed by atoms with Gasteiger partial charge in [0.2, 0.25) is 0 Å². The van der Waals surface area contributed by atoms with Crippen LogP contribution in [0.4, 0.5) is 14.5 Å². The van der Waals surface area contributed by atoms with Gasteiger partial charge in [-0.05, 0) is 52.3 Å². The highest BCUT2D eigenvalue weighted by Crippen LogP contribution is 2.23. The minimum Gasteiger partial charge on any atom is -0.319 e. The van der Waals surface area contributed by atoms with Crippen LogP contribution in [0.5, 0.6) is 0 Å². The van der Waals surface area contributed by atoms with Crippen LogP contribution in [0.15, 0.2) is 45.3 Å². The molecule has 2 aromatic carbocycles. The molecule has 1 N–H and O–H groups in total. The summed E-state index contributed by atoms with van der Waals surface area (Å²) in [4.78, 5) is 12.0. The second-order valence-electron chi connectivity index (χ2n) is 3.70. The molecule has 0 aliphatic carbocycles. The minimum absolute atomic E-state index is 0.0236. The Hall–Kier alpha value is -1.27. The molecular formula is C13H7Br2F2NO. The van der Waals surface area contributed by atoms with Crippen molar-refractivity contribution in [3.05, 3.63) is 62.5 Å². The van der Waals surface area contributed by atoms with Crippen LogP contribution >= 0.6 is 31.9 Å². The third kappa shape index (κ3) is 3.39. The highest BCUT2D eigenvalue weighted by Gasteiger charge is 2.13. The SMILES string of the molecule is O=C(Nc1cc(Br)ccc1F)c1cc(F)ccc1Br. The van der Waals surface area contributed by atoms with E-state index < -0.39 is 17.5 Å². The van der Waals surface area contributed by atoms with Gasteiger partial charge in [-0.15, -0.1) is 0 Å². The Balaban J connectivity index is 2.30. The molecule has 1 amide bonds. The Morgan fingerprint density at radius 1 is 1.05 bits per heavy atom. The summed E-state index contributed by atoms with van der Waals surface area (Å²) in [7, 11) is 0. The molecule has 0 aliphatic rings. The van der Waals surface area contributed by atoms with E-state index in [0.29, 0.717) is 8.95 Å². The Bertz CT molecular complexity index is 647. The summed E-state index contributed by atoms with van der Waals surface area (Å²) in [6.45, 7) is 0. The summed E-state index contributed by atoms with van der Waals surface area (Å²) in [6, 6.07) is 7.89. The van der Waals surface area contributed by atoms with E-state index in [2.05, 4.69) is 37.2 Å². The summed E-state index contributed by atoms with van der Waals surface area (Å²) in [5.74, 6) is -1.70. The van der Waals surface area contributed by atoms with Gasteiger partial charge in [-0.2, -0.15) is 0 Å². The van der Waals surface area contributed by atoms with Crippen molar-refractivity contribution in [2.75, 3.05) is 5.32 Å². The van der Waals surface area contributed by atoms with Crippen LogP contribution in [0.25, 0.3) is 0 Å². The minimum atomic E-state index is -0.594. The number of hydrogen-bond acceptors (Lipinski definition) is 1. The predicted molar refractivity (Wildman–Crippen MR) is 76.2 cm³/mol. The molecule has 6 heteroatoms. The first-order chi connectivity index (χ1) is 8.97. The van der Waals surface area contributed by atoms with Crippen molar-refractivity contribution >= 4 is 43.5 Å². The summed E-state index contributed by atoms with van der Waals surface area (Å²) >= 11 is 6.33. The molecular weight excluding hydrogens is 384 g/mol. The lowest BCUT2D eigenvalue weighted by Crippen LogP contribution is -2.14. The molecule has 0 heterocycles. The standard InChI is InChI=1S/C13H7Br2F2NO/c14-7-1-4-11(17)12(5-7)18-13(19)9-6-8(16)2-3-10(9)15/h1-6H,(H,18,19). The fourth-order valence-electron chi connectivity index (χ4n) is 1.45. The molecule has 0 fully saturated rings. The van der Waals surface area contributed by atoms with Crippen LogP contribution in [-0.2, 0) is 0 Å². The van der Waals surface area contributed by atoms with Crippen molar-refractivity contribution in [1.29, 1.82) is 0 Å². The Labute approximate surface area is 125 Å². The average Bonchev–Trinajstić information content (AvgIpc) is 2.36. The first-order valence-corrected chi connectivity index (χ1v) is 6.77. The number of amides is 1. The van der Waals surface area contributed by atoms with Gasteiger partial charge in [0.1, 0.15) is 11.6 Å². The van der Waals surface area contributed by atoms with Gasteiger partial charge in [0.05, 0.1) is 11.3 Å². The quantitative estimate of drug-likeness (QED) is 0.788. The topological polar surface area (TPSA) is 29.1 Å². The van der Waals surface area contributed by atoms with Gasteiger partial charge in [0.25, 0.3) is 5.91 Å². The van der Waals surface area contributed by atoms with Crippen LogP contribution in [0, 0.1) is 11.6 Å². The lowest BCUT2D eigenvalue weighted by atomic mass is 10.2. The second kappa shape index (κ2) is 5.79. The Kier molecular flexibility index (Phi) is 4.31. The molecule has 0 aliphatic heterocycles. The predicted octanol–water partition coefficient (Wildman–Crippen LogP) is 4.74. The zero-order chi connectivity index (χ0) is 14.0. The third-order valence-electron chi connectivity index (χ3n) is 2.35. The first kappa shape index (κ1) is 14.1. The number of rotatable bonds is 2. The third-order valence-corrected chi connectivity index (χ3v) is 3.53. The van der Waals surface area contributed by atoms with Gasteiger partial charge in [0, 0.05) is 8.95 Å². The van der Waals surface area contributed by atoms with Gasteiger partial charge in [-0.1, -0.05) is 15.9 Å². The van der Waals surface area contributed by atoms with Crippen molar-refractivity contribution in [2.45, 2.75) is 0 Å². The highest BCUT2D eigenvalue weighted by molar-refractivity contribution is 9.10. The maximum absolute atomic E-state index is 13.5. The van der Waals surface area contributed by atoms with E-state index in [-0.39, 0.29) is 11.3 Å². The van der Waals surface area contributed by atoms with Crippen LogP contribution < -0.4 is 5.32 Å². The maximum atomic E-state index is 13.5. The van der Waals surface area contributed by atoms with Gasteiger partial charge in [-0.3, -0.25) is 4.79 Å². The summed E-state index contributed by atoms with van der Waals surface area (Å²) in [5.41, 5.74) is 0.120. The number of anilines is 1.